The minimum atomic E-state index is -0.427. The number of amides is 3. The third-order valence-electron chi connectivity index (χ3n) is 5.49. The first-order valence-corrected chi connectivity index (χ1v) is 11.6. The summed E-state index contributed by atoms with van der Waals surface area (Å²) in [5.41, 5.74) is 2.34. The number of carbonyl (C=O) groups is 3. The van der Waals surface area contributed by atoms with Crippen LogP contribution in [0.4, 0.5) is 11.4 Å². The standard InChI is InChI=1S/C25H24BrN3O5/c1-16-11-18(26)4-9-22(16)28-23(30)15-34-20-7-5-19(6-8-20)29-14-17(12-24(29)31)25(32)27-13-21-3-2-10-33-21/h2-11,17H,12-15H2,1H3,(H,27,32)(H,28,30)/t17-/m1/s1. The molecule has 0 spiro atoms. The predicted molar refractivity (Wildman–Crippen MR) is 130 cm³/mol. The van der Waals surface area contributed by atoms with Crippen molar-refractivity contribution in [2.75, 3.05) is 23.4 Å². The average molecular weight is 526 g/mol. The predicted octanol–water partition coefficient (Wildman–Crippen LogP) is 4.04. The van der Waals surface area contributed by atoms with Crippen LogP contribution >= 0.6 is 15.9 Å². The Morgan fingerprint density at radius 1 is 1.18 bits per heavy atom. The van der Waals surface area contributed by atoms with E-state index in [1.54, 1.807) is 47.6 Å². The van der Waals surface area contributed by atoms with Gasteiger partial charge in [-0.1, -0.05) is 15.9 Å². The van der Waals surface area contributed by atoms with Crippen LogP contribution < -0.4 is 20.3 Å². The summed E-state index contributed by atoms with van der Waals surface area (Å²) >= 11 is 3.40. The number of benzene rings is 2. The monoisotopic (exact) mass is 525 g/mol. The van der Waals surface area contributed by atoms with Gasteiger partial charge in [0.05, 0.1) is 18.7 Å². The number of hydrogen-bond acceptors (Lipinski definition) is 5. The molecule has 1 saturated heterocycles. The Morgan fingerprint density at radius 3 is 2.68 bits per heavy atom. The second-order valence-corrected chi connectivity index (χ2v) is 8.91. The molecule has 0 aliphatic carbocycles. The molecule has 4 rings (SSSR count). The van der Waals surface area contributed by atoms with Gasteiger partial charge in [0.25, 0.3) is 5.91 Å². The highest BCUT2D eigenvalue weighted by Gasteiger charge is 2.35. The zero-order valence-electron chi connectivity index (χ0n) is 18.5. The van der Waals surface area contributed by atoms with Crippen LogP contribution in [0, 0.1) is 12.8 Å². The van der Waals surface area contributed by atoms with E-state index in [4.69, 9.17) is 9.15 Å². The van der Waals surface area contributed by atoms with Crippen LogP contribution in [0.3, 0.4) is 0 Å². The zero-order chi connectivity index (χ0) is 24.1. The molecule has 0 bridgehead atoms. The van der Waals surface area contributed by atoms with Crippen LogP contribution in [0.5, 0.6) is 5.75 Å². The van der Waals surface area contributed by atoms with Crippen molar-refractivity contribution in [1.82, 2.24) is 5.32 Å². The molecule has 1 fully saturated rings. The van der Waals surface area contributed by atoms with Gasteiger partial charge in [-0.05, 0) is 67.1 Å². The van der Waals surface area contributed by atoms with Gasteiger partial charge in [-0.15, -0.1) is 0 Å². The second-order valence-electron chi connectivity index (χ2n) is 7.99. The molecule has 8 nitrogen and oxygen atoms in total. The number of nitrogens with zero attached hydrogens (tertiary/aromatic N) is 1. The Hall–Kier alpha value is -3.59. The fourth-order valence-electron chi connectivity index (χ4n) is 3.69. The molecule has 176 valence electrons. The Morgan fingerprint density at radius 2 is 1.97 bits per heavy atom. The number of anilines is 2. The molecule has 2 heterocycles. The minimum Gasteiger partial charge on any atom is -0.484 e. The van der Waals surface area contributed by atoms with Crippen molar-refractivity contribution in [1.29, 1.82) is 0 Å². The first-order valence-electron chi connectivity index (χ1n) is 10.8. The number of furan rings is 1. The molecule has 0 unspecified atom stereocenters. The number of halogens is 1. The van der Waals surface area contributed by atoms with Gasteiger partial charge in [0.15, 0.2) is 6.61 Å². The maximum Gasteiger partial charge on any atom is 0.262 e. The summed E-state index contributed by atoms with van der Waals surface area (Å²) in [6.45, 7) is 2.36. The SMILES string of the molecule is Cc1cc(Br)ccc1NC(=O)COc1ccc(N2C[C@H](C(=O)NCc3ccco3)CC2=O)cc1. The van der Waals surface area contributed by atoms with Crippen LogP contribution in [-0.4, -0.2) is 30.9 Å². The fourth-order valence-corrected chi connectivity index (χ4v) is 4.16. The highest BCUT2D eigenvalue weighted by Crippen LogP contribution is 2.27. The molecule has 1 atom stereocenters. The van der Waals surface area contributed by atoms with Crippen LogP contribution in [0.2, 0.25) is 0 Å². The third kappa shape index (κ3) is 5.85. The second kappa shape index (κ2) is 10.6. The Labute approximate surface area is 205 Å². The van der Waals surface area contributed by atoms with E-state index in [9.17, 15) is 14.4 Å². The van der Waals surface area contributed by atoms with Crippen LogP contribution in [0.15, 0.2) is 69.8 Å². The molecule has 1 aliphatic heterocycles. The molecule has 2 N–H and O–H groups in total. The van der Waals surface area contributed by atoms with Gasteiger partial charge >= 0.3 is 0 Å². The van der Waals surface area contributed by atoms with E-state index in [2.05, 4.69) is 26.6 Å². The van der Waals surface area contributed by atoms with E-state index in [1.165, 1.54) is 0 Å². The number of ether oxygens (including phenoxy) is 1. The first kappa shape index (κ1) is 23.6. The normalized spacial score (nSPS) is 15.3. The molecule has 34 heavy (non-hydrogen) atoms. The average Bonchev–Trinajstić information content (AvgIpc) is 3.48. The Balaban J connectivity index is 1.27. The van der Waals surface area contributed by atoms with Crippen molar-refractivity contribution in [3.05, 3.63) is 76.7 Å². The first-order chi connectivity index (χ1) is 16.4. The van der Waals surface area contributed by atoms with Crippen LogP contribution in [0.25, 0.3) is 0 Å². The van der Waals surface area contributed by atoms with E-state index in [0.29, 0.717) is 23.7 Å². The van der Waals surface area contributed by atoms with E-state index in [-0.39, 0.29) is 37.3 Å². The summed E-state index contributed by atoms with van der Waals surface area (Å²) in [7, 11) is 0. The van der Waals surface area contributed by atoms with Gasteiger partial charge in [0.1, 0.15) is 11.5 Å². The molecule has 1 aliphatic rings. The smallest absolute Gasteiger partial charge is 0.262 e. The molecule has 3 aromatic rings. The summed E-state index contributed by atoms with van der Waals surface area (Å²) < 4.78 is 11.7. The van der Waals surface area contributed by atoms with Crippen LogP contribution in [-0.2, 0) is 20.9 Å². The van der Waals surface area contributed by atoms with Gasteiger partial charge in [0.2, 0.25) is 11.8 Å². The lowest BCUT2D eigenvalue weighted by Gasteiger charge is -2.17. The number of aryl methyl sites for hydroxylation is 1. The van der Waals surface area contributed by atoms with E-state index < -0.39 is 5.92 Å². The molecular weight excluding hydrogens is 502 g/mol. The lowest BCUT2D eigenvalue weighted by Crippen LogP contribution is -2.32. The van der Waals surface area contributed by atoms with E-state index in [1.807, 2.05) is 25.1 Å². The third-order valence-corrected chi connectivity index (χ3v) is 5.99. The Bertz CT molecular complexity index is 1180. The quantitative estimate of drug-likeness (QED) is 0.462. The lowest BCUT2D eigenvalue weighted by atomic mass is 10.1. The van der Waals surface area contributed by atoms with Crippen molar-refractivity contribution in [2.24, 2.45) is 5.92 Å². The number of carbonyl (C=O) groups excluding carboxylic acids is 3. The highest BCUT2D eigenvalue weighted by atomic mass is 79.9. The molecule has 1 aromatic heterocycles. The van der Waals surface area contributed by atoms with Gasteiger partial charge < -0.3 is 24.7 Å². The van der Waals surface area contributed by atoms with Crippen molar-refractivity contribution >= 4 is 45.0 Å². The number of nitrogens with one attached hydrogen (secondary N) is 2. The number of hydrogen-bond donors (Lipinski definition) is 2. The van der Waals surface area contributed by atoms with Crippen molar-refractivity contribution in [2.45, 2.75) is 19.9 Å². The van der Waals surface area contributed by atoms with Crippen molar-refractivity contribution < 1.29 is 23.5 Å². The van der Waals surface area contributed by atoms with Crippen molar-refractivity contribution in [3.63, 3.8) is 0 Å². The fraction of sp³-hybridized carbons (Fsp3) is 0.240. The van der Waals surface area contributed by atoms with E-state index >= 15 is 0 Å². The van der Waals surface area contributed by atoms with Gasteiger partial charge in [0, 0.05) is 28.8 Å². The Kier molecular flexibility index (Phi) is 7.32. The van der Waals surface area contributed by atoms with Gasteiger partial charge in [-0.25, -0.2) is 0 Å². The topological polar surface area (TPSA) is 101 Å². The number of rotatable bonds is 8. The van der Waals surface area contributed by atoms with Crippen LogP contribution in [0.1, 0.15) is 17.7 Å². The molecular formula is C25H24BrN3O5. The van der Waals surface area contributed by atoms with Gasteiger partial charge in [-0.3, -0.25) is 14.4 Å². The lowest BCUT2D eigenvalue weighted by molar-refractivity contribution is -0.126. The maximum atomic E-state index is 12.5. The van der Waals surface area contributed by atoms with Crippen molar-refractivity contribution in [3.8, 4) is 5.75 Å². The summed E-state index contributed by atoms with van der Waals surface area (Å²) in [5, 5.41) is 5.63. The zero-order valence-corrected chi connectivity index (χ0v) is 20.1. The summed E-state index contributed by atoms with van der Waals surface area (Å²) in [6.07, 6.45) is 1.70. The molecule has 2 aromatic carbocycles. The van der Waals surface area contributed by atoms with Gasteiger partial charge in [-0.2, -0.15) is 0 Å². The summed E-state index contributed by atoms with van der Waals surface area (Å²) in [6, 6.07) is 16.0. The maximum absolute atomic E-state index is 12.5. The highest BCUT2D eigenvalue weighted by molar-refractivity contribution is 9.10. The largest absolute Gasteiger partial charge is 0.484 e. The summed E-state index contributed by atoms with van der Waals surface area (Å²) in [4.78, 5) is 38.7. The molecule has 9 heteroatoms. The molecule has 0 saturated carbocycles. The minimum absolute atomic E-state index is 0.115. The summed E-state index contributed by atoms with van der Waals surface area (Å²) in [5.74, 6) is 0.170. The molecule has 0 radical (unpaired) electrons. The van der Waals surface area contributed by atoms with E-state index in [0.717, 1.165) is 15.7 Å². The molecule has 3 amide bonds.